The zero-order valence-electron chi connectivity index (χ0n) is 11.5. The van der Waals surface area contributed by atoms with Crippen molar-refractivity contribution in [2.24, 2.45) is 0 Å². The molecule has 1 heterocycles. The zero-order valence-corrected chi connectivity index (χ0v) is 13.0. The Hall–Kier alpha value is -1.52. The fourth-order valence-corrected chi connectivity index (χ4v) is 2.82. The van der Waals surface area contributed by atoms with E-state index in [0.717, 1.165) is 4.88 Å². The topological polar surface area (TPSA) is 46.3 Å². The van der Waals surface area contributed by atoms with Crippen LogP contribution in [0.1, 0.15) is 29.1 Å². The number of halogens is 1. The lowest BCUT2D eigenvalue weighted by atomic mass is 10.1. The normalized spacial score (nSPS) is 10.8. The second-order valence-electron chi connectivity index (χ2n) is 4.85. The summed E-state index contributed by atoms with van der Waals surface area (Å²) in [6.07, 6.45) is 0. The maximum absolute atomic E-state index is 12.7. The fraction of sp³-hybridized carbons (Fsp3) is 0.267. The van der Waals surface area contributed by atoms with E-state index in [0.29, 0.717) is 22.8 Å². The van der Waals surface area contributed by atoms with Gasteiger partial charge in [-0.25, -0.2) is 0 Å². The second-order valence-corrected chi connectivity index (χ2v) is 6.28. The summed E-state index contributed by atoms with van der Waals surface area (Å²) in [4.78, 5) is 15.6. The molecule has 3 nitrogen and oxygen atoms in total. The molecular weight excluding hydrogens is 292 g/mol. The van der Waals surface area contributed by atoms with Crippen molar-refractivity contribution in [3.05, 3.63) is 51.2 Å². The summed E-state index contributed by atoms with van der Waals surface area (Å²) in [6, 6.07) is 9.08. The molecule has 2 aromatic rings. The van der Waals surface area contributed by atoms with Crippen molar-refractivity contribution in [1.29, 1.82) is 0 Å². The van der Waals surface area contributed by atoms with Gasteiger partial charge in [0.05, 0.1) is 17.1 Å². The first-order valence-corrected chi connectivity index (χ1v) is 7.63. The van der Waals surface area contributed by atoms with E-state index in [1.165, 1.54) is 0 Å². The van der Waals surface area contributed by atoms with E-state index < -0.39 is 0 Å². The molecule has 0 saturated heterocycles. The predicted molar refractivity (Wildman–Crippen MR) is 85.2 cm³/mol. The van der Waals surface area contributed by atoms with E-state index in [9.17, 15) is 4.79 Å². The average molecular weight is 309 g/mol. The molecule has 2 N–H and O–H groups in total. The van der Waals surface area contributed by atoms with Crippen LogP contribution in [0.5, 0.6) is 0 Å². The van der Waals surface area contributed by atoms with Gasteiger partial charge in [0.15, 0.2) is 0 Å². The molecule has 0 saturated carbocycles. The molecule has 0 atom stereocenters. The smallest absolute Gasteiger partial charge is 0.256 e. The third-order valence-electron chi connectivity index (χ3n) is 3.01. The van der Waals surface area contributed by atoms with Crippen molar-refractivity contribution in [3.63, 3.8) is 0 Å². The SMILES string of the molecule is CC(C)N(Cc1cccs1)C(=O)c1cc(N)ccc1Cl. The first-order chi connectivity index (χ1) is 9.49. The van der Waals surface area contributed by atoms with Crippen LogP contribution in [0.2, 0.25) is 5.02 Å². The van der Waals surface area contributed by atoms with E-state index in [1.54, 1.807) is 34.4 Å². The number of benzene rings is 1. The fourth-order valence-electron chi connectivity index (χ4n) is 1.92. The van der Waals surface area contributed by atoms with Crippen LogP contribution in [0.3, 0.4) is 0 Å². The molecule has 106 valence electrons. The predicted octanol–water partition coefficient (Wildman–Crippen LogP) is 4.03. The third kappa shape index (κ3) is 3.32. The molecule has 0 unspecified atom stereocenters. The van der Waals surface area contributed by atoms with Crippen molar-refractivity contribution < 1.29 is 4.79 Å². The van der Waals surface area contributed by atoms with Gasteiger partial charge < -0.3 is 10.6 Å². The maximum atomic E-state index is 12.7. The molecule has 1 aromatic carbocycles. The molecular formula is C15H17ClN2OS. The molecule has 0 spiro atoms. The van der Waals surface area contributed by atoms with Crippen LogP contribution in [0.25, 0.3) is 0 Å². The molecule has 0 bridgehead atoms. The zero-order chi connectivity index (χ0) is 14.7. The highest BCUT2D eigenvalue weighted by Crippen LogP contribution is 2.23. The minimum Gasteiger partial charge on any atom is -0.399 e. The molecule has 20 heavy (non-hydrogen) atoms. The van der Waals surface area contributed by atoms with Crippen molar-refractivity contribution in [3.8, 4) is 0 Å². The number of nitrogens with zero attached hydrogens (tertiary/aromatic N) is 1. The Kier molecular flexibility index (Phi) is 4.68. The van der Waals surface area contributed by atoms with Gasteiger partial charge in [0.1, 0.15) is 0 Å². The average Bonchev–Trinajstić information content (AvgIpc) is 2.90. The van der Waals surface area contributed by atoms with Gasteiger partial charge >= 0.3 is 0 Å². The van der Waals surface area contributed by atoms with Crippen LogP contribution in [-0.2, 0) is 6.54 Å². The summed E-state index contributed by atoms with van der Waals surface area (Å²) in [5, 5.41) is 2.44. The number of anilines is 1. The summed E-state index contributed by atoms with van der Waals surface area (Å²) in [6.45, 7) is 4.57. The highest BCUT2D eigenvalue weighted by Gasteiger charge is 2.21. The molecule has 0 aliphatic rings. The summed E-state index contributed by atoms with van der Waals surface area (Å²) >= 11 is 7.76. The number of nitrogens with two attached hydrogens (primary N) is 1. The Morgan fingerprint density at radius 2 is 2.15 bits per heavy atom. The van der Waals surface area contributed by atoms with Crippen molar-refractivity contribution in [1.82, 2.24) is 4.90 Å². The highest BCUT2D eigenvalue weighted by atomic mass is 35.5. The number of amides is 1. The third-order valence-corrected chi connectivity index (χ3v) is 4.20. The van der Waals surface area contributed by atoms with Gasteiger partial charge in [-0.1, -0.05) is 17.7 Å². The molecule has 0 aliphatic heterocycles. The minimum atomic E-state index is -0.0919. The number of rotatable bonds is 4. The Morgan fingerprint density at radius 3 is 2.75 bits per heavy atom. The summed E-state index contributed by atoms with van der Waals surface area (Å²) < 4.78 is 0. The summed E-state index contributed by atoms with van der Waals surface area (Å²) in [5.74, 6) is -0.0919. The van der Waals surface area contributed by atoms with Gasteiger partial charge in [0, 0.05) is 16.6 Å². The molecule has 1 amide bonds. The Bertz CT molecular complexity index is 596. The largest absolute Gasteiger partial charge is 0.399 e. The van der Waals surface area contributed by atoms with Gasteiger partial charge in [0.25, 0.3) is 5.91 Å². The van der Waals surface area contributed by atoms with E-state index >= 15 is 0 Å². The number of hydrogen-bond acceptors (Lipinski definition) is 3. The number of carbonyl (C=O) groups is 1. The van der Waals surface area contributed by atoms with Gasteiger partial charge in [-0.2, -0.15) is 0 Å². The standard InChI is InChI=1S/C15H17ClN2OS/c1-10(2)18(9-12-4-3-7-20-12)15(19)13-8-11(17)5-6-14(13)16/h3-8,10H,9,17H2,1-2H3. The lowest BCUT2D eigenvalue weighted by Gasteiger charge is -2.26. The van der Waals surface area contributed by atoms with E-state index in [4.69, 9.17) is 17.3 Å². The molecule has 1 aromatic heterocycles. The lowest BCUT2D eigenvalue weighted by molar-refractivity contribution is 0.0692. The molecule has 5 heteroatoms. The lowest BCUT2D eigenvalue weighted by Crippen LogP contribution is -2.36. The van der Waals surface area contributed by atoms with Crippen LogP contribution in [0.4, 0.5) is 5.69 Å². The quantitative estimate of drug-likeness (QED) is 0.867. The number of thiophene rings is 1. The number of carbonyl (C=O) groups excluding carboxylic acids is 1. The first-order valence-electron chi connectivity index (χ1n) is 6.37. The van der Waals surface area contributed by atoms with Crippen molar-refractivity contribution in [2.75, 3.05) is 5.73 Å². The van der Waals surface area contributed by atoms with Gasteiger partial charge in [0.2, 0.25) is 0 Å². The second kappa shape index (κ2) is 6.29. The summed E-state index contributed by atoms with van der Waals surface area (Å²) in [7, 11) is 0. The number of nitrogen functional groups attached to an aromatic ring is 1. The Labute approximate surface area is 128 Å². The van der Waals surface area contributed by atoms with Crippen LogP contribution in [-0.4, -0.2) is 16.8 Å². The minimum absolute atomic E-state index is 0.0853. The van der Waals surface area contributed by atoms with Crippen molar-refractivity contribution >= 4 is 34.5 Å². The van der Waals surface area contributed by atoms with E-state index in [1.807, 2.05) is 31.4 Å². The monoisotopic (exact) mass is 308 g/mol. The van der Waals surface area contributed by atoms with Crippen molar-refractivity contribution in [2.45, 2.75) is 26.4 Å². The first kappa shape index (κ1) is 14.9. The van der Waals surface area contributed by atoms with E-state index in [-0.39, 0.29) is 11.9 Å². The summed E-state index contributed by atoms with van der Waals surface area (Å²) in [5.41, 5.74) is 6.75. The maximum Gasteiger partial charge on any atom is 0.256 e. The van der Waals surface area contributed by atoms with Gasteiger partial charge in [-0.3, -0.25) is 4.79 Å². The molecule has 0 aliphatic carbocycles. The number of hydrogen-bond donors (Lipinski definition) is 1. The Balaban J connectivity index is 2.29. The van der Waals surface area contributed by atoms with Crippen LogP contribution >= 0.6 is 22.9 Å². The molecule has 2 rings (SSSR count). The molecule has 0 fully saturated rings. The van der Waals surface area contributed by atoms with Crippen LogP contribution < -0.4 is 5.73 Å². The van der Waals surface area contributed by atoms with Crippen LogP contribution in [0.15, 0.2) is 35.7 Å². The van der Waals surface area contributed by atoms with Gasteiger partial charge in [-0.15, -0.1) is 11.3 Å². The van der Waals surface area contributed by atoms with E-state index in [2.05, 4.69) is 0 Å². The van der Waals surface area contributed by atoms with Crippen LogP contribution in [0, 0.1) is 0 Å². The Morgan fingerprint density at radius 1 is 1.40 bits per heavy atom. The highest BCUT2D eigenvalue weighted by molar-refractivity contribution is 7.09. The van der Waals surface area contributed by atoms with Gasteiger partial charge in [-0.05, 0) is 43.5 Å². The molecule has 0 radical (unpaired) electrons.